The minimum Gasteiger partial charge on any atom is -0.496 e. The predicted molar refractivity (Wildman–Crippen MR) is 66.2 cm³/mol. The molecule has 1 aliphatic heterocycles. The Bertz CT molecular complexity index is 533. The summed E-state index contributed by atoms with van der Waals surface area (Å²) in [6.45, 7) is 1.91. The van der Waals surface area contributed by atoms with Gasteiger partial charge in [0.05, 0.1) is 30.7 Å². The van der Waals surface area contributed by atoms with Crippen LogP contribution in [0, 0.1) is 10.1 Å². The van der Waals surface area contributed by atoms with Gasteiger partial charge in [-0.05, 0) is 13.0 Å². The number of amides is 1. The van der Waals surface area contributed by atoms with Gasteiger partial charge in [0.25, 0.3) is 11.6 Å². The summed E-state index contributed by atoms with van der Waals surface area (Å²) in [5.74, 6) is -0.346. The maximum atomic E-state index is 12.3. The first-order chi connectivity index (χ1) is 8.85. The second-order valence-corrected chi connectivity index (χ2v) is 4.77. The Labute approximate surface area is 109 Å². The van der Waals surface area contributed by atoms with Crippen LogP contribution in [0.25, 0.3) is 0 Å². The van der Waals surface area contributed by atoms with E-state index in [0.717, 1.165) is 0 Å². The quantitative estimate of drug-likeness (QED) is 0.645. The summed E-state index contributed by atoms with van der Waals surface area (Å²) in [6.07, 6.45) is 0. The van der Waals surface area contributed by atoms with Gasteiger partial charge >= 0.3 is 0 Å². The molecule has 1 N–H and O–H groups in total. The zero-order chi connectivity index (χ0) is 14.2. The van der Waals surface area contributed by atoms with Crippen LogP contribution in [0.3, 0.4) is 0 Å². The second kappa shape index (κ2) is 4.51. The zero-order valence-corrected chi connectivity index (χ0v) is 10.6. The molecule has 1 aromatic rings. The molecule has 1 aromatic carbocycles. The number of nitro groups is 1. The highest BCUT2D eigenvalue weighted by molar-refractivity contribution is 6.01. The van der Waals surface area contributed by atoms with E-state index in [4.69, 9.17) is 4.74 Å². The Morgan fingerprint density at radius 3 is 2.63 bits per heavy atom. The average molecular weight is 266 g/mol. The third kappa shape index (κ3) is 2.37. The molecule has 19 heavy (non-hydrogen) atoms. The van der Waals surface area contributed by atoms with Crippen LogP contribution < -0.4 is 4.74 Å². The number of benzene rings is 1. The topological polar surface area (TPSA) is 92.9 Å². The van der Waals surface area contributed by atoms with Gasteiger partial charge in [-0.15, -0.1) is 0 Å². The minimum atomic E-state index is -0.924. The van der Waals surface area contributed by atoms with E-state index in [9.17, 15) is 20.0 Å². The first kappa shape index (κ1) is 13.3. The van der Waals surface area contributed by atoms with E-state index >= 15 is 0 Å². The van der Waals surface area contributed by atoms with Crippen molar-refractivity contribution in [3.8, 4) is 5.75 Å². The number of hydrogen-bond donors (Lipinski definition) is 1. The van der Waals surface area contributed by atoms with E-state index in [0.29, 0.717) is 0 Å². The Kier molecular flexibility index (Phi) is 3.15. The Morgan fingerprint density at radius 2 is 2.16 bits per heavy atom. The molecule has 1 aliphatic rings. The third-order valence-electron chi connectivity index (χ3n) is 2.98. The van der Waals surface area contributed by atoms with E-state index in [1.54, 1.807) is 6.92 Å². The molecule has 0 radical (unpaired) electrons. The highest BCUT2D eigenvalue weighted by atomic mass is 16.6. The molecule has 7 heteroatoms. The van der Waals surface area contributed by atoms with Crippen LogP contribution in [-0.4, -0.2) is 46.6 Å². The van der Waals surface area contributed by atoms with Gasteiger partial charge in [0, 0.05) is 6.07 Å². The molecule has 0 atom stereocenters. The monoisotopic (exact) mass is 266 g/mol. The lowest BCUT2D eigenvalue weighted by molar-refractivity contribution is -0.385. The Hall–Kier alpha value is -2.15. The summed E-state index contributed by atoms with van der Waals surface area (Å²) in [4.78, 5) is 24.0. The van der Waals surface area contributed by atoms with Crippen LogP contribution in [0.2, 0.25) is 0 Å². The zero-order valence-electron chi connectivity index (χ0n) is 10.6. The number of ether oxygens (including phenoxy) is 1. The van der Waals surface area contributed by atoms with Gasteiger partial charge in [-0.25, -0.2) is 0 Å². The molecule has 0 aromatic heterocycles. The number of carbonyl (C=O) groups excluding carboxylic acids is 1. The molecular weight excluding hydrogens is 252 g/mol. The van der Waals surface area contributed by atoms with Gasteiger partial charge in [-0.1, -0.05) is 6.07 Å². The summed E-state index contributed by atoms with van der Waals surface area (Å²) in [6, 6.07) is 4.21. The van der Waals surface area contributed by atoms with E-state index in [1.165, 1.54) is 30.2 Å². The van der Waals surface area contributed by atoms with Crippen LogP contribution >= 0.6 is 0 Å². The van der Waals surface area contributed by atoms with Crippen LogP contribution in [0.15, 0.2) is 18.2 Å². The van der Waals surface area contributed by atoms with Gasteiger partial charge in [0.1, 0.15) is 5.75 Å². The van der Waals surface area contributed by atoms with Crippen LogP contribution in [0.1, 0.15) is 17.3 Å². The Morgan fingerprint density at radius 1 is 1.53 bits per heavy atom. The number of nitrogens with zero attached hydrogens (tertiary/aromatic N) is 2. The van der Waals surface area contributed by atoms with Crippen molar-refractivity contribution in [2.75, 3.05) is 20.2 Å². The highest BCUT2D eigenvalue weighted by Crippen LogP contribution is 2.32. The van der Waals surface area contributed by atoms with Crippen LogP contribution in [0.5, 0.6) is 5.75 Å². The molecule has 0 saturated carbocycles. The number of carbonyl (C=O) groups is 1. The van der Waals surface area contributed by atoms with Crippen molar-refractivity contribution in [3.05, 3.63) is 33.9 Å². The molecule has 102 valence electrons. The maximum Gasteiger partial charge on any atom is 0.285 e. The van der Waals surface area contributed by atoms with Crippen LogP contribution in [0.4, 0.5) is 5.69 Å². The molecule has 0 unspecified atom stereocenters. The summed E-state index contributed by atoms with van der Waals surface area (Å²) in [5, 5.41) is 20.6. The number of methoxy groups -OCH3 is 1. The fourth-order valence-corrected chi connectivity index (χ4v) is 2.13. The first-order valence-electron chi connectivity index (χ1n) is 5.69. The van der Waals surface area contributed by atoms with Gasteiger partial charge in [-0.2, -0.15) is 0 Å². The van der Waals surface area contributed by atoms with E-state index < -0.39 is 16.4 Å². The number of β-amino-alcohol motifs (C(OH)–C–C–N with tert-alkyl or cyclic N) is 1. The summed E-state index contributed by atoms with van der Waals surface area (Å²) >= 11 is 0. The molecule has 1 amide bonds. The van der Waals surface area contributed by atoms with Crippen molar-refractivity contribution >= 4 is 11.6 Å². The maximum absolute atomic E-state index is 12.3. The predicted octanol–water partition coefficient (Wildman–Crippen LogP) is 0.810. The molecule has 0 aliphatic carbocycles. The van der Waals surface area contributed by atoms with Crippen molar-refractivity contribution in [1.29, 1.82) is 0 Å². The number of aliphatic hydroxyl groups is 1. The van der Waals surface area contributed by atoms with E-state index in [-0.39, 0.29) is 30.1 Å². The van der Waals surface area contributed by atoms with Gasteiger partial charge in [0.15, 0.2) is 5.56 Å². The number of rotatable bonds is 3. The van der Waals surface area contributed by atoms with Gasteiger partial charge in [0.2, 0.25) is 0 Å². The van der Waals surface area contributed by atoms with Crippen molar-refractivity contribution in [2.24, 2.45) is 0 Å². The summed E-state index contributed by atoms with van der Waals surface area (Å²) < 4.78 is 5.01. The third-order valence-corrected chi connectivity index (χ3v) is 2.98. The normalized spacial score (nSPS) is 16.7. The fraction of sp³-hybridized carbons (Fsp3) is 0.417. The van der Waals surface area contributed by atoms with Crippen molar-refractivity contribution < 1.29 is 19.6 Å². The summed E-state index contributed by atoms with van der Waals surface area (Å²) in [7, 11) is 1.35. The Balaban J connectivity index is 2.38. The van der Waals surface area contributed by atoms with Gasteiger partial charge in [-0.3, -0.25) is 14.9 Å². The fourth-order valence-electron chi connectivity index (χ4n) is 2.13. The van der Waals surface area contributed by atoms with Crippen molar-refractivity contribution in [1.82, 2.24) is 4.90 Å². The summed E-state index contributed by atoms with van der Waals surface area (Å²) in [5.41, 5.74) is -1.30. The smallest absolute Gasteiger partial charge is 0.285 e. The average Bonchev–Trinajstić information content (AvgIpc) is 2.33. The van der Waals surface area contributed by atoms with E-state index in [2.05, 4.69) is 0 Å². The van der Waals surface area contributed by atoms with E-state index in [1.807, 2.05) is 0 Å². The molecule has 1 saturated heterocycles. The number of nitro benzene ring substituents is 1. The van der Waals surface area contributed by atoms with Gasteiger partial charge < -0.3 is 14.7 Å². The minimum absolute atomic E-state index is 0.0782. The largest absolute Gasteiger partial charge is 0.496 e. The van der Waals surface area contributed by atoms with Crippen LogP contribution in [-0.2, 0) is 0 Å². The second-order valence-electron chi connectivity index (χ2n) is 4.77. The highest BCUT2D eigenvalue weighted by Gasteiger charge is 2.42. The SMILES string of the molecule is COc1cccc([N+](=O)[O-])c1C(=O)N1CC(C)(O)C1. The van der Waals surface area contributed by atoms with Crippen molar-refractivity contribution in [2.45, 2.75) is 12.5 Å². The standard InChI is InChI=1S/C12H14N2O5/c1-12(16)6-13(7-12)11(15)10-8(14(17)18)4-3-5-9(10)19-2/h3-5,16H,6-7H2,1-2H3. The molecular formula is C12H14N2O5. The number of hydrogen-bond acceptors (Lipinski definition) is 5. The number of likely N-dealkylation sites (tertiary alicyclic amines) is 1. The molecule has 2 rings (SSSR count). The molecule has 7 nitrogen and oxygen atoms in total. The lowest BCUT2D eigenvalue weighted by Crippen LogP contribution is -2.61. The first-order valence-corrected chi connectivity index (χ1v) is 5.69. The lowest BCUT2D eigenvalue weighted by Gasteiger charge is -2.44. The molecule has 0 spiro atoms. The molecule has 0 bridgehead atoms. The molecule has 1 fully saturated rings. The van der Waals surface area contributed by atoms with Crippen molar-refractivity contribution in [3.63, 3.8) is 0 Å². The molecule has 1 heterocycles. The lowest BCUT2D eigenvalue weighted by atomic mass is 9.95.